The Bertz CT molecular complexity index is 765. The van der Waals surface area contributed by atoms with Gasteiger partial charge in [-0.05, 0) is 49.1 Å². The topological polar surface area (TPSA) is 101 Å². The normalized spacial score (nSPS) is 14.0. The average molecular weight is 306 g/mol. The number of H-pyrrole nitrogens is 1. The first-order chi connectivity index (χ1) is 10.1. The van der Waals surface area contributed by atoms with Gasteiger partial charge in [0.25, 0.3) is 0 Å². The highest BCUT2D eigenvalue weighted by molar-refractivity contribution is 7.99. The lowest BCUT2D eigenvalue weighted by Gasteiger charge is -2.16. The average Bonchev–Trinajstić information content (AvgIpc) is 2.78. The van der Waals surface area contributed by atoms with Crippen LogP contribution in [0.2, 0.25) is 0 Å². The molecule has 1 aliphatic rings. The number of hydrogen-bond donors (Lipinski definition) is 2. The quantitative estimate of drug-likeness (QED) is 0.884. The third kappa shape index (κ3) is 2.58. The van der Waals surface area contributed by atoms with Crippen LogP contribution in [-0.4, -0.2) is 30.8 Å². The zero-order chi connectivity index (χ0) is 15.0. The van der Waals surface area contributed by atoms with Crippen LogP contribution >= 0.6 is 11.8 Å². The smallest absolute Gasteiger partial charge is 0.343 e. The molecule has 2 N–H and O–H groups in total. The summed E-state index contributed by atoms with van der Waals surface area (Å²) in [5.41, 5.74) is 1.79. The Balaban J connectivity index is 2.05. The molecule has 1 aliphatic carbocycles. The highest BCUT2D eigenvalue weighted by Crippen LogP contribution is 2.30. The van der Waals surface area contributed by atoms with E-state index >= 15 is 0 Å². The van der Waals surface area contributed by atoms with Crippen molar-refractivity contribution in [3.8, 4) is 0 Å². The van der Waals surface area contributed by atoms with E-state index in [4.69, 9.17) is 0 Å². The number of carboxylic acid groups (broad SMARTS) is 1. The van der Waals surface area contributed by atoms with Crippen LogP contribution in [0.5, 0.6) is 0 Å². The number of carbonyl (C=O) groups is 1. The van der Waals surface area contributed by atoms with Crippen molar-refractivity contribution in [2.24, 2.45) is 7.05 Å². The van der Waals surface area contributed by atoms with Crippen LogP contribution in [0.25, 0.3) is 0 Å². The summed E-state index contributed by atoms with van der Waals surface area (Å²) in [6, 6.07) is 1.71. The van der Waals surface area contributed by atoms with E-state index in [0.29, 0.717) is 10.2 Å². The first kappa shape index (κ1) is 13.9. The molecular weight excluding hydrogens is 292 g/mol. The Morgan fingerprint density at radius 3 is 2.86 bits per heavy atom. The second kappa shape index (κ2) is 5.36. The zero-order valence-electron chi connectivity index (χ0n) is 11.4. The van der Waals surface area contributed by atoms with Crippen molar-refractivity contribution < 1.29 is 9.90 Å². The molecule has 2 aromatic heterocycles. The summed E-state index contributed by atoms with van der Waals surface area (Å²) in [7, 11) is 1.58. The van der Waals surface area contributed by atoms with Gasteiger partial charge in [0.05, 0.1) is 5.56 Å². The predicted octanol–water partition coefficient (Wildman–Crippen LogP) is 1.23. The lowest BCUT2D eigenvalue weighted by molar-refractivity contribution is 0.0692. The molecule has 2 aromatic rings. The number of aromatic nitrogens is 4. The first-order valence-corrected chi connectivity index (χ1v) is 7.43. The molecule has 0 bridgehead atoms. The Hall–Kier alpha value is -2.09. The second-order valence-corrected chi connectivity index (χ2v) is 5.89. The summed E-state index contributed by atoms with van der Waals surface area (Å²) in [5, 5.41) is 16.4. The molecule has 0 unspecified atom stereocenters. The minimum atomic E-state index is -1.01. The Kier molecular flexibility index (Phi) is 3.54. The maximum atomic E-state index is 11.4. The Labute approximate surface area is 124 Å². The number of rotatable bonds is 3. The highest BCUT2D eigenvalue weighted by atomic mass is 32.2. The van der Waals surface area contributed by atoms with E-state index in [2.05, 4.69) is 15.2 Å². The van der Waals surface area contributed by atoms with Crippen molar-refractivity contribution in [3.05, 3.63) is 33.4 Å². The van der Waals surface area contributed by atoms with Crippen molar-refractivity contribution in [2.75, 3.05) is 0 Å². The van der Waals surface area contributed by atoms with Gasteiger partial charge in [0.2, 0.25) is 0 Å². The molecule has 0 atom stereocenters. The lowest BCUT2D eigenvalue weighted by atomic mass is 9.95. The third-order valence-electron chi connectivity index (χ3n) is 3.52. The van der Waals surface area contributed by atoms with Crippen LogP contribution in [0, 0.1) is 0 Å². The van der Waals surface area contributed by atoms with Gasteiger partial charge in [-0.1, -0.05) is 0 Å². The molecule has 0 saturated heterocycles. The van der Waals surface area contributed by atoms with Crippen molar-refractivity contribution in [1.82, 2.24) is 19.7 Å². The number of aromatic amines is 1. The van der Waals surface area contributed by atoms with Gasteiger partial charge >= 0.3 is 11.7 Å². The van der Waals surface area contributed by atoms with Crippen LogP contribution in [0.1, 0.15) is 34.5 Å². The maximum absolute atomic E-state index is 11.4. The molecular formula is C13H14N4O3S. The molecule has 0 amide bonds. The number of hydrogen-bond acceptors (Lipinski definition) is 5. The van der Waals surface area contributed by atoms with Gasteiger partial charge in [-0.3, -0.25) is 4.57 Å². The fourth-order valence-electron chi connectivity index (χ4n) is 2.36. The minimum Gasteiger partial charge on any atom is -0.478 e. The Morgan fingerprint density at radius 1 is 1.43 bits per heavy atom. The first-order valence-electron chi connectivity index (χ1n) is 6.61. The summed E-state index contributed by atoms with van der Waals surface area (Å²) in [6.07, 6.45) is 3.86. The monoisotopic (exact) mass is 306 g/mol. The van der Waals surface area contributed by atoms with Crippen LogP contribution in [0.4, 0.5) is 0 Å². The van der Waals surface area contributed by atoms with Crippen LogP contribution in [0.15, 0.2) is 21.0 Å². The molecule has 0 aromatic carbocycles. The van der Waals surface area contributed by atoms with E-state index in [1.165, 1.54) is 4.57 Å². The number of fused-ring (bicyclic) bond motifs is 1. The third-order valence-corrected chi connectivity index (χ3v) is 4.58. The lowest BCUT2D eigenvalue weighted by Crippen LogP contribution is -2.13. The highest BCUT2D eigenvalue weighted by Gasteiger charge is 2.21. The molecule has 2 heterocycles. The SMILES string of the molecule is Cn1c(Sc2nc3c(cc2C(=O)O)CCCC3)n[nH]c1=O. The van der Waals surface area contributed by atoms with E-state index in [1.807, 2.05) is 0 Å². The van der Waals surface area contributed by atoms with Crippen LogP contribution < -0.4 is 5.69 Å². The van der Waals surface area contributed by atoms with Crippen molar-refractivity contribution in [2.45, 2.75) is 35.9 Å². The molecule has 0 fully saturated rings. The molecule has 3 rings (SSSR count). The maximum Gasteiger partial charge on any atom is 0.343 e. The van der Waals surface area contributed by atoms with E-state index < -0.39 is 5.97 Å². The van der Waals surface area contributed by atoms with Gasteiger partial charge in [0, 0.05) is 12.7 Å². The van der Waals surface area contributed by atoms with Gasteiger partial charge in [0.1, 0.15) is 5.03 Å². The van der Waals surface area contributed by atoms with E-state index in [0.717, 1.165) is 48.7 Å². The van der Waals surface area contributed by atoms with Gasteiger partial charge in [-0.15, -0.1) is 5.10 Å². The number of nitrogens with zero attached hydrogens (tertiary/aromatic N) is 3. The standard InChI is InChI=1S/C13H14N4O3S/c1-17-12(20)15-16-13(17)21-10-8(11(18)19)6-7-4-2-3-5-9(7)14-10/h6H,2-5H2,1H3,(H,15,20)(H,18,19). The van der Waals surface area contributed by atoms with Gasteiger partial charge < -0.3 is 5.11 Å². The molecule has 0 radical (unpaired) electrons. The molecule has 0 aliphatic heterocycles. The fourth-order valence-corrected chi connectivity index (χ4v) is 3.25. The summed E-state index contributed by atoms with van der Waals surface area (Å²) in [5.74, 6) is -1.01. The van der Waals surface area contributed by atoms with Crippen LogP contribution in [0.3, 0.4) is 0 Å². The number of nitrogens with one attached hydrogen (secondary N) is 1. The van der Waals surface area contributed by atoms with E-state index in [1.54, 1.807) is 13.1 Å². The summed E-state index contributed by atoms with van der Waals surface area (Å²) < 4.78 is 1.33. The molecule has 0 spiro atoms. The van der Waals surface area contributed by atoms with Crippen LogP contribution in [-0.2, 0) is 19.9 Å². The number of aryl methyl sites for hydroxylation is 2. The zero-order valence-corrected chi connectivity index (χ0v) is 12.2. The summed E-state index contributed by atoms with van der Waals surface area (Å²) >= 11 is 1.09. The molecule has 8 heteroatoms. The molecule has 0 saturated carbocycles. The molecule has 7 nitrogen and oxygen atoms in total. The van der Waals surface area contributed by atoms with Crippen molar-refractivity contribution in [1.29, 1.82) is 0 Å². The second-order valence-electron chi connectivity index (χ2n) is 4.93. The van der Waals surface area contributed by atoms with Crippen molar-refractivity contribution >= 4 is 17.7 Å². The van der Waals surface area contributed by atoms with Gasteiger partial charge in [-0.25, -0.2) is 19.7 Å². The van der Waals surface area contributed by atoms with E-state index in [-0.39, 0.29) is 11.3 Å². The Morgan fingerprint density at radius 2 is 2.19 bits per heavy atom. The number of aromatic carboxylic acids is 1. The molecule has 110 valence electrons. The number of pyridine rings is 1. The largest absolute Gasteiger partial charge is 0.478 e. The minimum absolute atomic E-state index is 0.163. The fraction of sp³-hybridized carbons (Fsp3) is 0.385. The summed E-state index contributed by atoms with van der Waals surface area (Å²) in [6.45, 7) is 0. The molecule has 21 heavy (non-hydrogen) atoms. The number of carboxylic acids is 1. The summed E-state index contributed by atoms with van der Waals surface area (Å²) in [4.78, 5) is 27.3. The predicted molar refractivity (Wildman–Crippen MR) is 75.8 cm³/mol. The van der Waals surface area contributed by atoms with Gasteiger partial charge in [-0.2, -0.15) is 0 Å². The van der Waals surface area contributed by atoms with Crippen molar-refractivity contribution in [3.63, 3.8) is 0 Å². The van der Waals surface area contributed by atoms with E-state index in [9.17, 15) is 14.7 Å². The van der Waals surface area contributed by atoms with Gasteiger partial charge in [0.15, 0.2) is 5.16 Å².